The fourth-order valence-electron chi connectivity index (χ4n) is 4.15. The molecule has 0 unspecified atom stereocenters. The Morgan fingerprint density at radius 2 is 1.58 bits per heavy atom. The van der Waals surface area contributed by atoms with Crippen LogP contribution in [-0.2, 0) is 9.59 Å². The van der Waals surface area contributed by atoms with Crippen molar-refractivity contribution < 1.29 is 19.1 Å². The second-order valence-electron chi connectivity index (χ2n) is 9.01. The fraction of sp³-hybridized carbons (Fsp3) is 0.370. The normalized spacial score (nSPS) is 15.1. The first kappa shape index (κ1) is 25.1. The molecule has 4 amide bonds. The molecule has 2 aromatic carbocycles. The fourth-order valence-corrected chi connectivity index (χ4v) is 4.15. The number of carbonyl (C=O) groups excluding carboxylic acids is 3. The van der Waals surface area contributed by atoms with Gasteiger partial charge in [-0.25, -0.2) is 4.79 Å². The largest absolute Gasteiger partial charge is 0.497 e. The van der Waals surface area contributed by atoms with Gasteiger partial charge in [-0.1, -0.05) is 6.08 Å². The Morgan fingerprint density at radius 3 is 2.17 bits per heavy atom. The molecule has 0 bridgehead atoms. The van der Waals surface area contributed by atoms with Gasteiger partial charge in [-0.05, 0) is 61.4 Å². The number of carbonyl (C=O) groups is 3. The topological polar surface area (TPSA) is 94.2 Å². The molecular weight excluding hydrogens is 458 g/mol. The lowest BCUT2D eigenvalue weighted by molar-refractivity contribution is -0.135. The standard InChI is InChI=1S/C27H33N5O4/c1-3-14-32(26(34)20-4-5-20)19-25(33)28-21-6-10-23(11-7-21)30-15-17-31(18-16-30)27(35)29-22-8-12-24(36-2)13-9-22/h3,6-13,20H,1,4-5,14-19H2,2H3,(H,28,33)(H,29,35). The highest BCUT2D eigenvalue weighted by Crippen LogP contribution is 2.31. The number of ether oxygens (including phenoxy) is 1. The van der Waals surface area contributed by atoms with Gasteiger partial charge >= 0.3 is 6.03 Å². The van der Waals surface area contributed by atoms with E-state index in [0.717, 1.165) is 30.0 Å². The number of methoxy groups -OCH3 is 1. The maximum atomic E-state index is 12.6. The van der Waals surface area contributed by atoms with Gasteiger partial charge in [0.05, 0.1) is 7.11 Å². The van der Waals surface area contributed by atoms with Gasteiger partial charge in [-0.2, -0.15) is 0 Å². The summed E-state index contributed by atoms with van der Waals surface area (Å²) in [4.78, 5) is 43.0. The molecule has 9 nitrogen and oxygen atoms in total. The van der Waals surface area contributed by atoms with Crippen molar-refractivity contribution in [2.45, 2.75) is 12.8 Å². The summed E-state index contributed by atoms with van der Waals surface area (Å²) < 4.78 is 5.15. The molecule has 4 rings (SSSR count). The maximum absolute atomic E-state index is 12.6. The molecule has 2 aromatic rings. The SMILES string of the molecule is C=CCN(CC(=O)Nc1ccc(N2CCN(C(=O)Nc3ccc(OC)cc3)CC2)cc1)C(=O)C1CC1. The van der Waals surface area contributed by atoms with Gasteiger partial charge in [-0.3, -0.25) is 9.59 Å². The quantitative estimate of drug-likeness (QED) is 0.525. The highest BCUT2D eigenvalue weighted by atomic mass is 16.5. The zero-order chi connectivity index (χ0) is 25.5. The Morgan fingerprint density at radius 1 is 0.972 bits per heavy atom. The minimum absolute atomic E-state index is 0.0175. The van der Waals surface area contributed by atoms with Crippen LogP contribution >= 0.6 is 0 Å². The Balaban J connectivity index is 1.24. The van der Waals surface area contributed by atoms with Gasteiger partial charge in [0.2, 0.25) is 11.8 Å². The van der Waals surface area contributed by atoms with Crippen molar-refractivity contribution in [3.05, 3.63) is 61.2 Å². The lowest BCUT2D eigenvalue weighted by Crippen LogP contribution is -2.50. The predicted molar refractivity (Wildman–Crippen MR) is 140 cm³/mol. The van der Waals surface area contributed by atoms with Crippen LogP contribution in [-0.4, -0.2) is 74.0 Å². The molecule has 0 spiro atoms. The van der Waals surface area contributed by atoms with Crippen LogP contribution in [0.5, 0.6) is 5.75 Å². The number of hydrogen-bond donors (Lipinski definition) is 2. The third kappa shape index (κ3) is 6.56. The summed E-state index contributed by atoms with van der Waals surface area (Å²) in [6.07, 6.45) is 3.44. The number of hydrogen-bond acceptors (Lipinski definition) is 5. The molecule has 0 atom stereocenters. The van der Waals surface area contributed by atoms with Crippen LogP contribution in [0.25, 0.3) is 0 Å². The van der Waals surface area contributed by atoms with Gasteiger partial charge in [0, 0.05) is 55.7 Å². The van der Waals surface area contributed by atoms with Crippen LogP contribution in [0, 0.1) is 5.92 Å². The number of amides is 4. The van der Waals surface area contributed by atoms with E-state index in [1.807, 2.05) is 48.5 Å². The zero-order valence-electron chi connectivity index (χ0n) is 20.6. The van der Waals surface area contributed by atoms with E-state index in [4.69, 9.17) is 4.74 Å². The van der Waals surface area contributed by atoms with Crippen LogP contribution in [0.1, 0.15) is 12.8 Å². The third-order valence-corrected chi connectivity index (χ3v) is 6.35. The average Bonchev–Trinajstić information content (AvgIpc) is 3.75. The van der Waals surface area contributed by atoms with Crippen molar-refractivity contribution >= 4 is 34.9 Å². The summed E-state index contributed by atoms with van der Waals surface area (Å²) in [6.45, 7) is 6.70. The number of benzene rings is 2. The summed E-state index contributed by atoms with van der Waals surface area (Å²) in [5.74, 6) is 0.601. The first-order valence-electron chi connectivity index (χ1n) is 12.2. The van der Waals surface area contributed by atoms with Crippen molar-refractivity contribution in [1.29, 1.82) is 0 Å². The molecular formula is C27H33N5O4. The van der Waals surface area contributed by atoms with Crippen molar-refractivity contribution in [3.63, 3.8) is 0 Å². The van der Waals surface area contributed by atoms with Crippen LogP contribution in [0.2, 0.25) is 0 Å². The minimum Gasteiger partial charge on any atom is -0.497 e. The minimum atomic E-state index is -0.227. The van der Waals surface area contributed by atoms with E-state index in [-0.39, 0.29) is 30.3 Å². The van der Waals surface area contributed by atoms with Gasteiger partial charge in [-0.15, -0.1) is 6.58 Å². The van der Waals surface area contributed by atoms with E-state index < -0.39 is 0 Å². The van der Waals surface area contributed by atoms with Crippen LogP contribution < -0.4 is 20.3 Å². The molecule has 36 heavy (non-hydrogen) atoms. The van der Waals surface area contributed by atoms with E-state index in [9.17, 15) is 14.4 Å². The molecule has 1 saturated heterocycles. The summed E-state index contributed by atoms with van der Waals surface area (Å²) >= 11 is 0. The zero-order valence-corrected chi connectivity index (χ0v) is 20.6. The molecule has 1 saturated carbocycles. The Labute approximate surface area is 211 Å². The van der Waals surface area contributed by atoms with Gasteiger partial charge in [0.15, 0.2) is 0 Å². The third-order valence-electron chi connectivity index (χ3n) is 6.35. The van der Waals surface area contributed by atoms with Crippen LogP contribution in [0.3, 0.4) is 0 Å². The van der Waals surface area contributed by atoms with Gasteiger partial charge in [0.1, 0.15) is 12.3 Å². The second-order valence-corrected chi connectivity index (χ2v) is 9.01. The smallest absolute Gasteiger partial charge is 0.321 e. The molecule has 2 N–H and O–H groups in total. The van der Waals surface area contributed by atoms with E-state index in [2.05, 4.69) is 22.1 Å². The molecule has 0 radical (unpaired) electrons. The molecule has 2 aliphatic rings. The summed E-state index contributed by atoms with van der Waals surface area (Å²) in [6, 6.07) is 14.8. The molecule has 1 aliphatic heterocycles. The van der Waals surface area contributed by atoms with Gasteiger partial charge in [0.25, 0.3) is 0 Å². The number of rotatable bonds is 9. The summed E-state index contributed by atoms with van der Waals surface area (Å²) in [5.41, 5.74) is 2.43. The lowest BCUT2D eigenvalue weighted by Gasteiger charge is -2.36. The van der Waals surface area contributed by atoms with E-state index >= 15 is 0 Å². The summed E-state index contributed by atoms with van der Waals surface area (Å²) in [7, 11) is 1.61. The molecule has 2 fully saturated rings. The highest BCUT2D eigenvalue weighted by molar-refractivity contribution is 5.95. The number of nitrogens with one attached hydrogen (secondary N) is 2. The van der Waals surface area contributed by atoms with Crippen molar-refractivity contribution in [3.8, 4) is 5.75 Å². The first-order valence-corrected chi connectivity index (χ1v) is 12.2. The van der Waals surface area contributed by atoms with Crippen LogP contribution in [0.4, 0.5) is 21.9 Å². The summed E-state index contributed by atoms with van der Waals surface area (Å²) in [5, 5.41) is 5.80. The van der Waals surface area contributed by atoms with Crippen molar-refractivity contribution in [2.75, 3.05) is 61.9 Å². The van der Waals surface area contributed by atoms with Crippen molar-refractivity contribution in [2.24, 2.45) is 5.92 Å². The van der Waals surface area contributed by atoms with E-state index in [0.29, 0.717) is 38.4 Å². The lowest BCUT2D eigenvalue weighted by atomic mass is 10.2. The van der Waals surface area contributed by atoms with E-state index in [1.54, 1.807) is 23.0 Å². The van der Waals surface area contributed by atoms with Gasteiger partial charge < -0.3 is 30.1 Å². The monoisotopic (exact) mass is 491 g/mol. The average molecular weight is 492 g/mol. The second kappa shape index (κ2) is 11.6. The number of anilines is 3. The molecule has 1 heterocycles. The molecule has 1 aliphatic carbocycles. The molecule has 9 heteroatoms. The Hall–Kier alpha value is -4.01. The predicted octanol–water partition coefficient (Wildman–Crippen LogP) is 3.41. The molecule has 0 aromatic heterocycles. The Kier molecular flexibility index (Phi) is 8.10. The number of piperazine rings is 1. The highest BCUT2D eigenvalue weighted by Gasteiger charge is 2.33. The first-order chi connectivity index (χ1) is 17.5. The number of urea groups is 1. The number of nitrogens with zero attached hydrogens (tertiary/aromatic N) is 3. The maximum Gasteiger partial charge on any atom is 0.321 e. The van der Waals surface area contributed by atoms with E-state index in [1.165, 1.54) is 0 Å². The molecule has 190 valence electrons. The Bertz CT molecular complexity index is 1070. The van der Waals surface area contributed by atoms with Crippen LogP contribution in [0.15, 0.2) is 61.2 Å². The van der Waals surface area contributed by atoms with Crippen molar-refractivity contribution in [1.82, 2.24) is 9.80 Å².